The van der Waals surface area contributed by atoms with Gasteiger partial charge in [0.25, 0.3) is 5.91 Å². The summed E-state index contributed by atoms with van der Waals surface area (Å²) in [5.74, 6) is 0.459. The molecule has 20 heavy (non-hydrogen) atoms. The summed E-state index contributed by atoms with van der Waals surface area (Å²) in [7, 11) is 0. The minimum Gasteiger partial charge on any atom is -0.270 e. The molecule has 0 N–H and O–H groups in total. The Labute approximate surface area is 124 Å². The number of amides is 1. The van der Waals surface area contributed by atoms with Gasteiger partial charge in [-0.1, -0.05) is 30.3 Å². The number of hydrogen-bond acceptors (Lipinski definition) is 4. The molecule has 0 bridgehead atoms. The van der Waals surface area contributed by atoms with Crippen LogP contribution in [0.5, 0.6) is 0 Å². The van der Waals surface area contributed by atoms with Crippen LogP contribution in [0.15, 0.2) is 34.7 Å². The first-order valence-corrected chi connectivity index (χ1v) is 7.33. The van der Waals surface area contributed by atoms with E-state index in [9.17, 15) is 4.79 Å². The molecule has 1 heterocycles. The molecule has 0 unspecified atom stereocenters. The van der Waals surface area contributed by atoms with Crippen molar-refractivity contribution in [3.8, 4) is 0 Å². The maximum absolute atomic E-state index is 12.6. The van der Waals surface area contributed by atoms with Crippen molar-refractivity contribution >= 4 is 23.7 Å². The first-order valence-electron chi connectivity index (χ1n) is 6.56. The zero-order valence-corrected chi connectivity index (χ0v) is 13.3. The number of benzene rings is 1. The van der Waals surface area contributed by atoms with E-state index in [1.807, 2.05) is 65.0 Å². The van der Waals surface area contributed by atoms with Crippen LogP contribution in [0.4, 0.5) is 0 Å². The van der Waals surface area contributed by atoms with E-state index in [4.69, 9.17) is 4.84 Å². The van der Waals surface area contributed by atoms with Crippen molar-refractivity contribution in [2.45, 2.75) is 45.0 Å². The number of amidine groups is 1. The second-order valence-electron chi connectivity index (χ2n) is 6.19. The van der Waals surface area contributed by atoms with Crippen molar-refractivity contribution in [2.75, 3.05) is 0 Å². The highest BCUT2D eigenvalue weighted by molar-refractivity contribution is 8.00. The quantitative estimate of drug-likeness (QED) is 0.784. The van der Waals surface area contributed by atoms with E-state index in [1.54, 1.807) is 0 Å². The first kappa shape index (κ1) is 15.1. The Balaban J connectivity index is 2.42. The van der Waals surface area contributed by atoms with E-state index < -0.39 is 10.3 Å². The van der Waals surface area contributed by atoms with E-state index in [0.717, 1.165) is 5.56 Å². The standard InChI is InChI=1S/C15H20N2O2S/c1-14(2,3)19-17-12(11-9-7-6-8-10-11)16-20-15(4,5)13(17)18/h6-10H,1-5H3. The highest BCUT2D eigenvalue weighted by atomic mass is 32.2. The van der Waals surface area contributed by atoms with Gasteiger partial charge in [0, 0.05) is 5.56 Å². The van der Waals surface area contributed by atoms with Crippen molar-refractivity contribution in [1.29, 1.82) is 0 Å². The van der Waals surface area contributed by atoms with Crippen LogP contribution in [0.1, 0.15) is 40.2 Å². The van der Waals surface area contributed by atoms with E-state index >= 15 is 0 Å². The molecular weight excluding hydrogens is 272 g/mol. The van der Waals surface area contributed by atoms with Crippen molar-refractivity contribution in [3.63, 3.8) is 0 Å². The first-order chi connectivity index (χ1) is 9.21. The maximum Gasteiger partial charge on any atom is 0.269 e. The Bertz CT molecular complexity index is 533. The molecule has 4 nitrogen and oxygen atoms in total. The fourth-order valence-electron chi connectivity index (χ4n) is 1.69. The van der Waals surface area contributed by atoms with E-state index in [-0.39, 0.29) is 5.91 Å². The molecule has 5 heteroatoms. The molecule has 0 spiro atoms. The molecule has 2 rings (SSSR count). The van der Waals surface area contributed by atoms with Crippen LogP contribution in [-0.4, -0.2) is 27.2 Å². The number of carbonyl (C=O) groups excluding carboxylic acids is 1. The monoisotopic (exact) mass is 292 g/mol. The number of hydrogen-bond donors (Lipinski definition) is 0. The lowest BCUT2D eigenvalue weighted by Crippen LogP contribution is -2.52. The van der Waals surface area contributed by atoms with Gasteiger partial charge in [0.15, 0.2) is 5.84 Å². The molecule has 0 saturated carbocycles. The molecule has 1 aliphatic rings. The lowest BCUT2D eigenvalue weighted by atomic mass is 10.1. The Morgan fingerprint density at radius 2 is 1.80 bits per heavy atom. The van der Waals surface area contributed by atoms with Gasteiger partial charge in [0.05, 0.1) is 5.60 Å². The topological polar surface area (TPSA) is 41.9 Å². The number of hydroxylamine groups is 2. The van der Waals surface area contributed by atoms with Gasteiger partial charge in [0.2, 0.25) is 0 Å². The van der Waals surface area contributed by atoms with Gasteiger partial charge in [0.1, 0.15) is 4.75 Å². The molecule has 0 saturated heterocycles. The summed E-state index contributed by atoms with van der Waals surface area (Å²) >= 11 is 1.28. The number of nitrogens with zero attached hydrogens (tertiary/aromatic N) is 2. The summed E-state index contributed by atoms with van der Waals surface area (Å²) < 4.78 is 3.86. The van der Waals surface area contributed by atoms with Crippen LogP contribution < -0.4 is 0 Å². The normalized spacial score (nSPS) is 18.9. The van der Waals surface area contributed by atoms with Crippen LogP contribution in [0.3, 0.4) is 0 Å². The van der Waals surface area contributed by atoms with Crippen LogP contribution in [0.2, 0.25) is 0 Å². The van der Waals surface area contributed by atoms with Crippen LogP contribution in [-0.2, 0) is 9.63 Å². The van der Waals surface area contributed by atoms with Crippen molar-refractivity contribution < 1.29 is 9.63 Å². The van der Waals surface area contributed by atoms with Crippen LogP contribution in [0, 0.1) is 0 Å². The molecular formula is C15H20N2O2S. The molecule has 0 aromatic heterocycles. The average Bonchev–Trinajstić information content (AvgIpc) is 2.35. The van der Waals surface area contributed by atoms with Crippen molar-refractivity contribution in [3.05, 3.63) is 35.9 Å². The van der Waals surface area contributed by atoms with E-state index in [1.165, 1.54) is 17.0 Å². The number of carbonyl (C=O) groups is 1. The average molecular weight is 292 g/mol. The van der Waals surface area contributed by atoms with Gasteiger partial charge >= 0.3 is 0 Å². The largest absolute Gasteiger partial charge is 0.270 e. The molecule has 0 fully saturated rings. The van der Waals surface area contributed by atoms with Crippen LogP contribution in [0.25, 0.3) is 0 Å². The second-order valence-corrected chi connectivity index (χ2v) is 7.57. The third kappa shape index (κ3) is 3.22. The zero-order chi connectivity index (χ0) is 15.0. The third-order valence-electron chi connectivity index (χ3n) is 2.65. The SMILES string of the molecule is CC(C)(C)ON1C(=O)C(C)(C)SN=C1c1ccccc1. The summed E-state index contributed by atoms with van der Waals surface area (Å²) in [4.78, 5) is 18.4. The van der Waals surface area contributed by atoms with E-state index in [0.29, 0.717) is 5.84 Å². The van der Waals surface area contributed by atoms with Gasteiger partial charge in [-0.15, -0.1) is 0 Å². The lowest BCUT2D eigenvalue weighted by Gasteiger charge is -2.37. The molecule has 1 aromatic carbocycles. The molecule has 0 radical (unpaired) electrons. The summed E-state index contributed by atoms with van der Waals surface area (Å²) in [6.45, 7) is 9.45. The highest BCUT2D eigenvalue weighted by Crippen LogP contribution is 2.35. The molecule has 0 atom stereocenters. The minimum atomic E-state index is -0.621. The number of rotatable bonds is 2. The summed E-state index contributed by atoms with van der Waals surface area (Å²) in [5.41, 5.74) is 0.400. The molecule has 108 valence electrons. The maximum atomic E-state index is 12.6. The molecule has 1 aromatic rings. The fourth-order valence-corrected chi connectivity index (χ4v) is 2.35. The van der Waals surface area contributed by atoms with Gasteiger partial charge in [-0.2, -0.15) is 9.46 Å². The van der Waals surface area contributed by atoms with Gasteiger partial charge < -0.3 is 0 Å². The Hall–Kier alpha value is -1.33. The van der Waals surface area contributed by atoms with Gasteiger partial charge in [-0.05, 0) is 46.6 Å². The Morgan fingerprint density at radius 1 is 1.20 bits per heavy atom. The second kappa shape index (κ2) is 5.22. The van der Waals surface area contributed by atoms with Crippen molar-refractivity contribution in [2.24, 2.45) is 4.40 Å². The smallest absolute Gasteiger partial charge is 0.269 e. The Morgan fingerprint density at radius 3 is 2.35 bits per heavy atom. The summed E-state index contributed by atoms with van der Waals surface area (Å²) in [6.07, 6.45) is 0. The van der Waals surface area contributed by atoms with Crippen LogP contribution >= 0.6 is 11.9 Å². The van der Waals surface area contributed by atoms with E-state index in [2.05, 4.69) is 4.40 Å². The molecule has 1 amide bonds. The predicted octanol–water partition coefficient (Wildman–Crippen LogP) is 3.43. The van der Waals surface area contributed by atoms with Gasteiger partial charge in [-0.25, -0.2) is 0 Å². The molecule has 0 aliphatic carbocycles. The summed E-state index contributed by atoms with van der Waals surface area (Å²) in [6, 6.07) is 9.61. The van der Waals surface area contributed by atoms with Gasteiger partial charge in [-0.3, -0.25) is 9.63 Å². The van der Waals surface area contributed by atoms with Crippen molar-refractivity contribution in [1.82, 2.24) is 5.06 Å². The fraction of sp³-hybridized carbons (Fsp3) is 0.467. The third-order valence-corrected chi connectivity index (χ3v) is 3.54. The summed E-state index contributed by atoms with van der Waals surface area (Å²) in [5, 5.41) is 1.34. The highest BCUT2D eigenvalue weighted by Gasteiger charge is 2.42. The predicted molar refractivity (Wildman–Crippen MR) is 82.3 cm³/mol. The lowest BCUT2D eigenvalue weighted by molar-refractivity contribution is -0.197. The molecule has 1 aliphatic heterocycles. The Kier molecular flexibility index (Phi) is 3.93. The zero-order valence-electron chi connectivity index (χ0n) is 12.5. The minimum absolute atomic E-state index is 0.0914.